The molecule has 0 aliphatic carbocycles. The van der Waals surface area contributed by atoms with E-state index in [4.69, 9.17) is 16.3 Å². The van der Waals surface area contributed by atoms with E-state index in [0.29, 0.717) is 28.6 Å². The Labute approximate surface area is 181 Å². The highest BCUT2D eigenvalue weighted by Gasteiger charge is 2.17. The smallest absolute Gasteiger partial charge is 0.261 e. The fraction of sp³-hybridized carbons (Fsp3) is 0.136. The molecule has 3 aromatic carbocycles. The van der Waals surface area contributed by atoms with Crippen LogP contribution >= 0.6 is 11.6 Å². The van der Waals surface area contributed by atoms with Crippen molar-refractivity contribution in [1.82, 2.24) is 4.90 Å². The van der Waals surface area contributed by atoms with Crippen LogP contribution in [0.3, 0.4) is 0 Å². The largest absolute Gasteiger partial charge is 0.497 e. The maximum atomic E-state index is 12.8. The van der Waals surface area contributed by atoms with E-state index in [1.165, 1.54) is 25.3 Å². The lowest BCUT2D eigenvalue weighted by atomic mass is 10.1. The summed E-state index contributed by atoms with van der Waals surface area (Å²) in [6.07, 6.45) is 0. The van der Waals surface area contributed by atoms with Crippen molar-refractivity contribution >= 4 is 33.2 Å². The molecule has 0 bridgehead atoms. The van der Waals surface area contributed by atoms with Crippen LogP contribution in [0.4, 0.5) is 5.69 Å². The van der Waals surface area contributed by atoms with E-state index in [9.17, 15) is 13.2 Å². The molecule has 0 radical (unpaired) electrons. The number of carbonyl (C=O) groups is 1. The van der Waals surface area contributed by atoms with Gasteiger partial charge >= 0.3 is 0 Å². The molecule has 0 atom stereocenters. The highest BCUT2D eigenvalue weighted by Crippen LogP contribution is 2.21. The van der Waals surface area contributed by atoms with Crippen molar-refractivity contribution in [3.63, 3.8) is 0 Å². The van der Waals surface area contributed by atoms with E-state index in [2.05, 4.69) is 4.72 Å². The predicted molar refractivity (Wildman–Crippen MR) is 117 cm³/mol. The monoisotopic (exact) mass is 444 g/mol. The van der Waals surface area contributed by atoms with Crippen molar-refractivity contribution in [2.75, 3.05) is 18.9 Å². The molecule has 3 rings (SSSR count). The summed E-state index contributed by atoms with van der Waals surface area (Å²) in [5.41, 5.74) is 1.62. The Morgan fingerprint density at radius 3 is 2.33 bits per heavy atom. The zero-order valence-electron chi connectivity index (χ0n) is 16.5. The van der Waals surface area contributed by atoms with Crippen LogP contribution in [0.5, 0.6) is 5.75 Å². The lowest BCUT2D eigenvalue weighted by Gasteiger charge is -2.18. The Balaban J connectivity index is 1.74. The number of ether oxygens (including phenoxy) is 1. The van der Waals surface area contributed by atoms with Gasteiger partial charge in [-0.05, 0) is 60.2 Å². The van der Waals surface area contributed by atoms with Crippen molar-refractivity contribution in [2.24, 2.45) is 0 Å². The minimum Gasteiger partial charge on any atom is -0.497 e. The summed E-state index contributed by atoms with van der Waals surface area (Å²) in [4.78, 5) is 14.4. The molecule has 0 saturated carbocycles. The molecule has 30 heavy (non-hydrogen) atoms. The van der Waals surface area contributed by atoms with Gasteiger partial charge in [-0.1, -0.05) is 29.8 Å². The summed E-state index contributed by atoms with van der Waals surface area (Å²) < 4.78 is 32.8. The molecular formula is C22H21ClN2O4S. The fourth-order valence-electron chi connectivity index (χ4n) is 2.84. The van der Waals surface area contributed by atoms with Gasteiger partial charge < -0.3 is 9.64 Å². The Hall–Kier alpha value is -3.03. The number of anilines is 1. The molecule has 0 aliphatic heterocycles. The molecule has 1 N–H and O–H groups in total. The molecule has 0 fully saturated rings. The van der Waals surface area contributed by atoms with Crippen molar-refractivity contribution in [1.29, 1.82) is 0 Å². The van der Waals surface area contributed by atoms with Gasteiger partial charge in [0.15, 0.2) is 0 Å². The number of halogens is 1. The summed E-state index contributed by atoms with van der Waals surface area (Å²) in [6, 6.07) is 19.7. The van der Waals surface area contributed by atoms with Gasteiger partial charge in [-0.15, -0.1) is 0 Å². The second-order valence-electron chi connectivity index (χ2n) is 6.65. The molecule has 156 valence electrons. The third-order valence-corrected chi connectivity index (χ3v) is 6.06. The first-order valence-electron chi connectivity index (χ1n) is 9.05. The van der Waals surface area contributed by atoms with E-state index in [0.717, 1.165) is 5.56 Å². The van der Waals surface area contributed by atoms with Crippen molar-refractivity contribution in [3.05, 3.63) is 88.9 Å². The highest BCUT2D eigenvalue weighted by atomic mass is 35.5. The van der Waals surface area contributed by atoms with E-state index >= 15 is 0 Å². The third-order valence-electron chi connectivity index (χ3n) is 4.41. The average molecular weight is 445 g/mol. The number of hydrogen-bond acceptors (Lipinski definition) is 4. The van der Waals surface area contributed by atoms with Crippen molar-refractivity contribution in [2.45, 2.75) is 11.4 Å². The molecular weight excluding hydrogens is 424 g/mol. The summed E-state index contributed by atoms with van der Waals surface area (Å²) in [5, 5.41) is 0.629. The van der Waals surface area contributed by atoms with Crippen LogP contribution in [0, 0.1) is 0 Å². The zero-order valence-corrected chi connectivity index (χ0v) is 18.1. The minimum atomic E-state index is -3.80. The molecule has 6 nitrogen and oxygen atoms in total. The van der Waals surface area contributed by atoms with Crippen molar-refractivity contribution in [3.8, 4) is 5.75 Å². The van der Waals surface area contributed by atoms with Crippen molar-refractivity contribution < 1.29 is 17.9 Å². The van der Waals surface area contributed by atoms with Gasteiger partial charge in [-0.2, -0.15) is 0 Å². The topological polar surface area (TPSA) is 75.7 Å². The Morgan fingerprint density at radius 1 is 1.03 bits per heavy atom. The van der Waals surface area contributed by atoms with Crippen LogP contribution in [0.2, 0.25) is 5.02 Å². The Morgan fingerprint density at radius 2 is 1.70 bits per heavy atom. The van der Waals surface area contributed by atoms with E-state index in [-0.39, 0.29) is 10.8 Å². The number of nitrogens with zero attached hydrogens (tertiary/aromatic N) is 1. The molecule has 0 spiro atoms. The standard InChI is InChI=1S/C22H21ClN2O4S/c1-25(15-16-6-8-18(23)9-7-16)22(26)17-4-3-5-19(14-17)24-30(27,28)21-12-10-20(29-2)11-13-21/h3-14,24H,15H2,1-2H3. The van der Waals surface area contributed by atoms with E-state index < -0.39 is 10.0 Å². The number of nitrogens with one attached hydrogen (secondary N) is 1. The number of benzene rings is 3. The second kappa shape index (κ2) is 9.19. The summed E-state index contributed by atoms with van der Waals surface area (Å²) in [7, 11) is -0.603. The highest BCUT2D eigenvalue weighted by molar-refractivity contribution is 7.92. The SMILES string of the molecule is COc1ccc(S(=O)(=O)Nc2cccc(C(=O)N(C)Cc3ccc(Cl)cc3)c2)cc1. The molecule has 0 aliphatic rings. The van der Waals surface area contributed by atoms with Crippen LogP contribution in [0.25, 0.3) is 0 Å². The normalized spacial score (nSPS) is 11.0. The molecule has 1 amide bonds. The number of methoxy groups -OCH3 is 1. The first kappa shape index (κ1) is 21.7. The number of sulfonamides is 1. The van der Waals surface area contributed by atoms with Crippen LogP contribution in [0.1, 0.15) is 15.9 Å². The first-order chi connectivity index (χ1) is 14.3. The maximum Gasteiger partial charge on any atom is 0.261 e. The molecule has 0 saturated heterocycles. The van der Waals surface area contributed by atoms with Gasteiger partial charge in [0, 0.05) is 29.9 Å². The Bertz CT molecular complexity index is 1130. The van der Waals surface area contributed by atoms with Crippen LogP contribution in [-0.4, -0.2) is 33.4 Å². The van der Waals surface area contributed by atoms with Gasteiger partial charge in [0.1, 0.15) is 5.75 Å². The van der Waals surface area contributed by atoms with Gasteiger partial charge in [-0.25, -0.2) is 8.42 Å². The molecule has 0 heterocycles. The molecule has 0 unspecified atom stereocenters. The maximum absolute atomic E-state index is 12.8. The van der Waals surface area contributed by atoms with Gasteiger partial charge in [-0.3, -0.25) is 9.52 Å². The van der Waals surface area contributed by atoms with Gasteiger partial charge in [0.25, 0.3) is 15.9 Å². The number of hydrogen-bond donors (Lipinski definition) is 1. The average Bonchev–Trinajstić information content (AvgIpc) is 2.74. The third kappa shape index (κ3) is 5.31. The lowest BCUT2D eigenvalue weighted by molar-refractivity contribution is 0.0785. The van der Waals surface area contributed by atoms with Crippen LogP contribution in [0.15, 0.2) is 77.7 Å². The summed E-state index contributed by atoms with van der Waals surface area (Å²) >= 11 is 5.89. The molecule has 3 aromatic rings. The van der Waals surface area contributed by atoms with E-state index in [1.54, 1.807) is 54.4 Å². The number of amides is 1. The number of carbonyl (C=O) groups excluding carboxylic acids is 1. The first-order valence-corrected chi connectivity index (χ1v) is 10.9. The number of rotatable bonds is 7. The van der Waals surface area contributed by atoms with E-state index in [1.807, 2.05) is 12.1 Å². The quantitative estimate of drug-likeness (QED) is 0.585. The van der Waals surface area contributed by atoms with Crippen LogP contribution in [-0.2, 0) is 16.6 Å². The molecule has 0 aromatic heterocycles. The summed E-state index contributed by atoms with van der Waals surface area (Å²) in [6.45, 7) is 0.401. The summed E-state index contributed by atoms with van der Waals surface area (Å²) in [5.74, 6) is 0.334. The molecule has 8 heteroatoms. The minimum absolute atomic E-state index is 0.0971. The fourth-order valence-corrected chi connectivity index (χ4v) is 4.02. The van der Waals surface area contributed by atoms with Gasteiger partial charge in [0.2, 0.25) is 0 Å². The zero-order chi connectivity index (χ0) is 21.7. The lowest BCUT2D eigenvalue weighted by Crippen LogP contribution is -2.26. The second-order valence-corrected chi connectivity index (χ2v) is 8.77. The van der Waals surface area contributed by atoms with Crippen LogP contribution < -0.4 is 9.46 Å². The predicted octanol–water partition coefficient (Wildman–Crippen LogP) is 4.42. The Kier molecular flexibility index (Phi) is 6.64. The van der Waals surface area contributed by atoms with Gasteiger partial charge in [0.05, 0.1) is 12.0 Å².